The van der Waals surface area contributed by atoms with Gasteiger partial charge in [0, 0.05) is 44.5 Å². The molecule has 1 aliphatic heterocycles. The number of carbonyl (C=O) groups is 3. The smallest absolute Gasteiger partial charge is 0.258 e. The van der Waals surface area contributed by atoms with Gasteiger partial charge in [-0.05, 0) is 73.8 Å². The van der Waals surface area contributed by atoms with Crippen LogP contribution < -0.4 is 10.2 Å². The second kappa shape index (κ2) is 8.97. The molecule has 0 aromatic heterocycles. The Morgan fingerprint density at radius 2 is 1.91 bits per heavy atom. The molecule has 1 aliphatic rings. The van der Waals surface area contributed by atoms with E-state index < -0.39 is 48.1 Å². The third-order valence-electron chi connectivity index (χ3n) is 5.21. The largest absolute Gasteiger partial charge is 0.322 e. The van der Waals surface area contributed by atoms with E-state index in [1.165, 1.54) is 23.1 Å². The van der Waals surface area contributed by atoms with E-state index in [0.717, 1.165) is 0 Å². The Labute approximate surface area is 201 Å². The molecule has 3 aromatic carbocycles. The van der Waals surface area contributed by atoms with Crippen LogP contribution in [0.2, 0.25) is 5.02 Å². The first-order valence-electron chi connectivity index (χ1n) is 13.4. The lowest BCUT2D eigenvalue weighted by atomic mass is 10.0. The normalized spacial score (nSPS) is 16.9. The van der Waals surface area contributed by atoms with Crippen molar-refractivity contribution >= 4 is 40.6 Å². The van der Waals surface area contributed by atoms with Crippen LogP contribution in [0.5, 0.6) is 0 Å². The fraction of sp³-hybridized carbons (Fsp3) is 0.192. The van der Waals surface area contributed by atoms with Gasteiger partial charge in [-0.25, -0.2) is 0 Å². The van der Waals surface area contributed by atoms with Crippen molar-refractivity contribution < 1.29 is 24.0 Å². The predicted octanol–water partition coefficient (Wildman–Crippen LogP) is 5.83. The number of halogens is 1. The molecule has 0 spiro atoms. The molecule has 162 valence electrons. The number of benzene rings is 3. The minimum absolute atomic E-state index is 0.104. The zero-order valence-corrected chi connectivity index (χ0v) is 17.9. The zero-order chi connectivity index (χ0) is 28.8. The molecule has 2 amide bonds. The van der Waals surface area contributed by atoms with Gasteiger partial charge in [-0.15, -0.1) is 0 Å². The molecular formula is C26H23ClN2O3. The first-order valence-corrected chi connectivity index (χ1v) is 10.3. The molecule has 1 heterocycles. The van der Waals surface area contributed by atoms with E-state index in [2.05, 4.69) is 5.32 Å². The molecule has 5 nitrogen and oxygen atoms in total. The Morgan fingerprint density at radius 3 is 2.69 bits per heavy atom. The maximum absolute atomic E-state index is 13.5. The van der Waals surface area contributed by atoms with Crippen LogP contribution in [0.25, 0.3) is 0 Å². The zero-order valence-electron chi connectivity index (χ0n) is 24.1. The van der Waals surface area contributed by atoms with Crippen LogP contribution in [0, 0.1) is 13.8 Å². The van der Waals surface area contributed by atoms with Crippen LogP contribution in [0.4, 0.5) is 11.4 Å². The number of rotatable bonds is 3. The van der Waals surface area contributed by atoms with Crippen LogP contribution in [0.15, 0.2) is 60.6 Å². The van der Waals surface area contributed by atoms with Gasteiger partial charge in [0.1, 0.15) is 0 Å². The lowest BCUT2D eigenvalue weighted by molar-refractivity contribution is 0.0973. The summed E-state index contributed by atoms with van der Waals surface area (Å²) in [6, 6.07) is 6.15. The summed E-state index contributed by atoms with van der Waals surface area (Å²) in [6.45, 7) is -1.00. The number of nitrogens with zero attached hydrogens (tertiary/aromatic N) is 1. The standard InChI is InChI=1S/C26H23ClN2O3/c1-16-6-3-4-7-20(16)25(31)28-19-10-11-21(17(2)14-19)26(32)29-13-5-8-24(30)22-15-18(27)9-12-23(22)29/h3-4,6-7,9-12,14-15H,5,8,13H2,1-2H3,(H,28,31)/i1D3,3D,4D,6D,7D. The van der Waals surface area contributed by atoms with Gasteiger partial charge >= 0.3 is 0 Å². The molecule has 0 radical (unpaired) electrons. The molecule has 1 N–H and O–H groups in total. The number of hydrogen-bond donors (Lipinski definition) is 1. The van der Waals surface area contributed by atoms with Gasteiger partial charge in [0.15, 0.2) is 5.78 Å². The predicted molar refractivity (Wildman–Crippen MR) is 127 cm³/mol. The van der Waals surface area contributed by atoms with Crippen molar-refractivity contribution in [2.75, 3.05) is 16.8 Å². The summed E-state index contributed by atoms with van der Waals surface area (Å²) in [6.07, 6.45) is 0.747. The molecule has 0 saturated heterocycles. The number of aryl methyl sites for hydroxylation is 1. The first-order chi connectivity index (χ1) is 18.2. The second-order valence-electron chi connectivity index (χ2n) is 7.38. The van der Waals surface area contributed by atoms with E-state index in [9.17, 15) is 14.4 Å². The maximum Gasteiger partial charge on any atom is 0.258 e. The molecule has 0 aliphatic carbocycles. The number of hydrogen-bond acceptors (Lipinski definition) is 3. The topological polar surface area (TPSA) is 66.5 Å². The van der Waals surface area contributed by atoms with Gasteiger partial charge in [-0.1, -0.05) is 29.7 Å². The average Bonchev–Trinajstić information content (AvgIpc) is 3.02. The Kier molecular flexibility index (Phi) is 4.09. The van der Waals surface area contributed by atoms with Crippen molar-refractivity contribution in [1.82, 2.24) is 0 Å². The highest BCUT2D eigenvalue weighted by atomic mass is 35.5. The summed E-state index contributed by atoms with van der Waals surface area (Å²) in [7, 11) is 0. The summed E-state index contributed by atoms with van der Waals surface area (Å²) in [5.41, 5.74) is 0.359. The molecule has 0 saturated carbocycles. The SMILES string of the molecule is [2H]c1c([2H])c([2H])c(C([2H])([2H])[2H])c(C(=O)Nc2ccc(C(=O)N3CCCC(=O)c4cc(Cl)ccc43)c(C)c2)c1[2H]. The third kappa shape index (κ3) is 4.30. The minimum atomic E-state index is -2.97. The van der Waals surface area contributed by atoms with E-state index >= 15 is 0 Å². The number of fused-ring (bicyclic) bond motifs is 1. The van der Waals surface area contributed by atoms with Gasteiger partial charge in [-0.3, -0.25) is 14.4 Å². The van der Waals surface area contributed by atoms with Gasteiger partial charge in [0.25, 0.3) is 11.8 Å². The molecule has 0 unspecified atom stereocenters. The summed E-state index contributed by atoms with van der Waals surface area (Å²) in [5, 5.41) is 2.88. The van der Waals surface area contributed by atoms with E-state index in [1.807, 2.05) is 0 Å². The van der Waals surface area contributed by atoms with Crippen molar-refractivity contribution in [3.05, 3.63) is 93.4 Å². The lowest BCUT2D eigenvalue weighted by Gasteiger charge is -2.23. The number of amides is 2. The number of nitrogens with one attached hydrogen (secondary N) is 1. The average molecular weight is 454 g/mol. The number of anilines is 2. The van der Waals surface area contributed by atoms with Gasteiger partial charge in [0.2, 0.25) is 0 Å². The van der Waals surface area contributed by atoms with E-state index in [4.69, 9.17) is 21.2 Å². The molecule has 0 fully saturated rings. The lowest BCUT2D eigenvalue weighted by Crippen LogP contribution is -2.32. The number of Topliss-reactive ketones (excluding diaryl/α,β-unsaturated/α-hetero) is 1. The summed E-state index contributed by atoms with van der Waals surface area (Å²) >= 11 is 6.07. The van der Waals surface area contributed by atoms with Gasteiger partial charge < -0.3 is 10.2 Å². The van der Waals surface area contributed by atoms with Gasteiger partial charge in [0.05, 0.1) is 11.2 Å². The monoisotopic (exact) mass is 453 g/mol. The Morgan fingerprint density at radius 1 is 1.09 bits per heavy atom. The van der Waals surface area contributed by atoms with Crippen molar-refractivity contribution in [3.63, 3.8) is 0 Å². The molecule has 0 atom stereocenters. The van der Waals surface area contributed by atoms with Crippen molar-refractivity contribution in [2.24, 2.45) is 0 Å². The minimum Gasteiger partial charge on any atom is -0.322 e. The highest BCUT2D eigenvalue weighted by molar-refractivity contribution is 6.31. The highest BCUT2D eigenvalue weighted by Crippen LogP contribution is 2.31. The molecule has 3 aromatic rings. The third-order valence-corrected chi connectivity index (χ3v) is 5.44. The maximum atomic E-state index is 13.5. The summed E-state index contributed by atoms with van der Waals surface area (Å²) in [4.78, 5) is 40.7. The van der Waals surface area contributed by atoms with Crippen molar-refractivity contribution in [3.8, 4) is 0 Å². The van der Waals surface area contributed by atoms with Crippen molar-refractivity contribution in [1.29, 1.82) is 0 Å². The fourth-order valence-electron chi connectivity index (χ4n) is 3.63. The molecule has 6 heteroatoms. The van der Waals surface area contributed by atoms with Crippen LogP contribution in [-0.4, -0.2) is 24.1 Å². The quantitative estimate of drug-likeness (QED) is 0.542. The van der Waals surface area contributed by atoms with Crippen LogP contribution >= 0.6 is 11.6 Å². The molecule has 4 rings (SSSR count). The highest BCUT2D eigenvalue weighted by Gasteiger charge is 2.27. The fourth-order valence-corrected chi connectivity index (χ4v) is 3.81. The van der Waals surface area contributed by atoms with E-state index in [0.29, 0.717) is 40.4 Å². The Balaban J connectivity index is 1.67. The Hall–Kier alpha value is -3.44. The van der Waals surface area contributed by atoms with Crippen LogP contribution in [0.1, 0.15) is 64.6 Å². The van der Waals surface area contributed by atoms with E-state index in [1.54, 1.807) is 25.1 Å². The first kappa shape index (κ1) is 14.6. The van der Waals surface area contributed by atoms with Crippen LogP contribution in [0.3, 0.4) is 0 Å². The molecule has 32 heavy (non-hydrogen) atoms. The number of ketones is 1. The second-order valence-corrected chi connectivity index (χ2v) is 7.82. The van der Waals surface area contributed by atoms with Crippen LogP contribution in [-0.2, 0) is 0 Å². The Bertz CT molecular complexity index is 1540. The van der Waals surface area contributed by atoms with E-state index in [-0.39, 0.29) is 23.8 Å². The molecular weight excluding hydrogens is 424 g/mol. The summed E-state index contributed by atoms with van der Waals surface area (Å²) in [5.74, 6) is -1.48. The summed E-state index contributed by atoms with van der Waals surface area (Å²) < 4.78 is 54.9. The van der Waals surface area contributed by atoms with Gasteiger partial charge in [-0.2, -0.15) is 0 Å². The number of carbonyl (C=O) groups excluding carboxylic acids is 3. The molecule has 0 bridgehead atoms. The van der Waals surface area contributed by atoms with Crippen molar-refractivity contribution in [2.45, 2.75) is 26.6 Å².